The summed E-state index contributed by atoms with van der Waals surface area (Å²) in [5.41, 5.74) is 0.630. The molecule has 1 aromatic rings. The van der Waals surface area contributed by atoms with Crippen molar-refractivity contribution in [3.05, 3.63) is 29.8 Å². The lowest BCUT2D eigenvalue weighted by atomic mass is 9.93. The van der Waals surface area contributed by atoms with Crippen LogP contribution in [0.1, 0.15) is 24.8 Å². The van der Waals surface area contributed by atoms with E-state index in [9.17, 15) is 14.7 Å². The molecule has 1 aliphatic rings. The Balaban J connectivity index is 1.86. The summed E-state index contributed by atoms with van der Waals surface area (Å²) in [4.78, 5) is 24.6. The van der Waals surface area contributed by atoms with Gasteiger partial charge >= 0.3 is 5.97 Å². The average molecular weight is 277 g/mol. The van der Waals surface area contributed by atoms with Crippen molar-refractivity contribution < 1.29 is 19.8 Å². The number of para-hydroxylation sites is 1. The maximum absolute atomic E-state index is 12.1. The molecule has 1 amide bonds. The molecule has 5 nitrogen and oxygen atoms in total. The van der Waals surface area contributed by atoms with Gasteiger partial charge in [0.15, 0.2) is 0 Å². The number of carboxylic acid groups (broad SMARTS) is 1. The van der Waals surface area contributed by atoms with E-state index in [1.165, 1.54) is 0 Å². The second-order valence-corrected chi connectivity index (χ2v) is 5.23. The maximum atomic E-state index is 12.1. The first-order valence-corrected chi connectivity index (χ1v) is 6.82. The predicted molar refractivity (Wildman–Crippen MR) is 73.4 cm³/mol. The van der Waals surface area contributed by atoms with Crippen LogP contribution in [-0.2, 0) is 16.0 Å². The molecule has 108 valence electrons. The number of aromatic hydroxyl groups is 1. The van der Waals surface area contributed by atoms with Crippen molar-refractivity contribution in [2.75, 3.05) is 13.1 Å². The van der Waals surface area contributed by atoms with E-state index in [1.54, 1.807) is 29.2 Å². The SMILES string of the molecule is O=C(O)CC1CCN(C(=O)Cc2ccccc2O)CC1. The molecule has 0 aliphatic carbocycles. The van der Waals surface area contributed by atoms with E-state index in [2.05, 4.69) is 0 Å². The fourth-order valence-corrected chi connectivity index (χ4v) is 2.57. The molecule has 5 heteroatoms. The van der Waals surface area contributed by atoms with Gasteiger partial charge in [0.05, 0.1) is 6.42 Å². The highest BCUT2D eigenvalue weighted by Crippen LogP contribution is 2.22. The smallest absolute Gasteiger partial charge is 0.303 e. The van der Waals surface area contributed by atoms with E-state index in [0.29, 0.717) is 18.7 Å². The fraction of sp³-hybridized carbons (Fsp3) is 0.467. The molecule has 1 fully saturated rings. The number of hydrogen-bond acceptors (Lipinski definition) is 3. The molecule has 20 heavy (non-hydrogen) atoms. The molecule has 0 bridgehead atoms. The number of piperidine rings is 1. The lowest BCUT2D eigenvalue weighted by molar-refractivity contribution is -0.138. The van der Waals surface area contributed by atoms with Gasteiger partial charge in [-0.2, -0.15) is 0 Å². The third kappa shape index (κ3) is 3.73. The Hall–Kier alpha value is -2.04. The Morgan fingerprint density at radius 2 is 1.85 bits per heavy atom. The highest BCUT2D eigenvalue weighted by Gasteiger charge is 2.24. The molecule has 0 spiro atoms. The van der Waals surface area contributed by atoms with Gasteiger partial charge in [-0.3, -0.25) is 9.59 Å². The molecule has 2 N–H and O–H groups in total. The Kier molecular flexibility index (Phi) is 4.61. The summed E-state index contributed by atoms with van der Waals surface area (Å²) >= 11 is 0. The van der Waals surface area contributed by atoms with E-state index in [4.69, 9.17) is 5.11 Å². The Labute approximate surface area is 117 Å². The van der Waals surface area contributed by atoms with E-state index in [-0.39, 0.29) is 30.4 Å². The molecule has 1 aromatic carbocycles. The van der Waals surface area contributed by atoms with Gasteiger partial charge in [-0.15, -0.1) is 0 Å². The third-order valence-corrected chi connectivity index (χ3v) is 3.76. The first kappa shape index (κ1) is 14.4. The first-order valence-electron chi connectivity index (χ1n) is 6.82. The normalized spacial score (nSPS) is 16.1. The van der Waals surface area contributed by atoms with Crippen LogP contribution in [0.15, 0.2) is 24.3 Å². The Morgan fingerprint density at radius 3 is 2.45 bits per heavy atom. The molecular formula is C15H19NO4. The number of aliphatic carboxylic acids is 1. The molecule has 2 rings (SSSR count). The van der Waals surface area contributed by atoms with Crippen molar-refractivity contribution in [3.63, 3.8) is 0 Å². The number of carbonyl (C=O) groups excluding carboxylic acids is 1. The highest BCUT2D eigenvalue weighted by molar-refractivity contribution is 5.79. The summed E-state index contributed by atoms with van der Waals surface area (Å²) in [7, 11) is 0. The molecule has 0 saturated carbocycles. The molecule has 0 unspecified atom stereocenters. The van der Waals surface area contributed by atoms with Crippen LogP contribution < -0.4 is 0 Å². The molecule has 0 atom stereocenters. The van der Waals surface area contributed by atoms with Crippen molar-refractivity contribution in [2.24, 2.45) is 5.92 Å². The van der Waals surface area contributed by atoms with Gasteiger partial charge in [-0.05, 0) is 24.8 Å². The minimum Gasteiger partial charge on any atom is -0.508 e. The molecular weight excluding hydrogens is 258 g/mol. The maximum Gasteiger partial charge on any atom is 0.303 e. The second kappa shape index (κ2) is 6.41. The summed E-state index contributed by atoms with van der Waals surface area (Å²) in [6, 6.07) is 6.83. The summed E-state index contributed by atoms with van der Waals surface area (Å²) in [6.07, 6.45) is 1.84. The quantitative estimate of drug-likeness (QED) is 0.877. The number of rotatable bonds is 4. The average Bonchev–Trinajstić information content (AvgIpc) is 2.41. The number of phenolic OH excluding ortho intramolecular Hbond substituents is 1. The minimum atomic E-state index is -0.774. The standard InChI is InChI=1S/C15H19NO4/c17-13-4-2-1-3-12(13)10-14(18)16-7-5-11(6-8-16)9-15(19)20/h1-4,11,17H,5-10H2,(H,19,20). The Morgan fingerprint density at radius 1 is 1.20 bits per heavy atom. The topological polar surface area (TPSA) is 77.8 Å². The summed E-state index contributed by atoms with van der Waals surface area (Å²) in [5, 5.41) is 18.4. The first-order chi connectivity index (χ1) is 9.56. The van der Waals surface area contributed by atoms with Gasteiger partial charge in [0.25, 0.3) is 0 Å². The zero-order valence-corrected chi connectivity index (χ0v) is 11.3. The van der Waals surface area contributed by atoms with Crippen LogP contribution in [0, 0.1) is 5.92 Å². The van der Waals surface area contributed by atoms with Crippen molar-refractivity contribution >= 4 is 11.9 Å². The fourth-order valence-electron chi connectivity index (χ4n) is 2.57. The number of benzene rings is 1. The highest BCUT2D eigenvalue weighted by atomic mass is 16.4. The number of nitrogens with zero attached hydrogens (tertiary/aromatic N) is 1. The lowest BCUT2D eigenvalue weighted by Crippen LogP contribution is -2.39. The van der Waals surface area contributed by atoms with Gasteiger partial charge in [0, 0.05) is 25.1 Å². The number of hydrogen-bond donors (Lipinski definition) is 2. The van der Waals surface area contributed by atoms with Crippen LogP contribution in [0.4, 0.5) is 0 Å². The third-order valence-electron chi connectivity index (χ3n) is 3.76. The molecule has 1 aliphatic heterocycles. The van der Waals surface area contributed by atoms with Crippen LogP contribution in [0.25, 0.3) is 0 Å². The van der Waals surface area contributed by atoms with Crippen molar-refractivity contribution in [2.45, 2.75) is 25.7 Å². The predicted octanol–water partition coefficient (Wildman–Crippen LogP) is 1.65. The van der Waals surface area contributed by atoms with Gasteiger partial charge in [0.2, 0.25) is 5.91 Å². The number of carbonyl (C=O) groups is 2. The van der Waals surface area contributed by atoms with Crippen LogP contribution in [0.3, 0.4) is 0 Å². The molecule has 1 heterocycles. The minimum absolute atomic E-state index is 0.0136. The zero-order chi connectivity index (χ0) is 14.5. The number of amides is 1. The van der Waals surface area contributed by atoms with E-state index < -0.39 is 5.97 Å². The van der Waals surface area contributed by atoms with E-state index >= 15 is 0 Å². The molecule has 0 radical (unpaired) electrons. The van der Waals surface area contributed by atoms with Gasteiger partial charge in [-0.25, -0.2) is 0 Å². The van der Waals surface area contributed by atoms with E-state index in [1.807, 2.05) is 0 Å². The van der Waals surface area contributed by atoms with Gasteiger partial charge in [-0.1, -0.05) is 18.2 Å². The Bertz CT molecular complexity index is 492. The van der Waals surface area contributed by atoms with Gasteiger partial charge < -0.3 is 15.1 Å². The van der Waals surface area contributed by atoms with Crippen LogP contribution in [-0.4, -0.2) is 40.1 Å². The second-order valence-electron chi connectivity index (χ2n) is 5.23. The summed E-state index contributed by atoms with van der Waals surface area (Å²) in [5.74, 6) is -0.479. The molecule has 0 aromatic heterocycles. The van der Waals surface area contributed by atoms with Crippen molar-refractivity contribution in [3.8, 4) is 5.75 Å². The monoisotopic (exact) mass is 277 g/mol. The summed E-state index contributed by atoms with van der Waals surface area (Å²) < 4.78 is 0. The number of likely N-dealkylation sites (tertiary alicyclic amines) is 1. The largest absolute Gasteiger partial charge is 0.508 e. The zero-order valence-electron chi connectivity index (χ0n) is 11.3. The van der Waals surface area contributed by atoms with E-state index in [0.717, 1.165) is 12.8 Å². The van der Waals surface area contributed by atoms with Crippen LogP contribution in [0.5, 0.6) is 5.75 Å². The van der Waals surface area contributed by atoms with Crippen molar-refractivity contribution in [1.29, 1.82) is 0 Å². The molecule has 1 saturated heterocycles. The summed E-state index contributed by atoms with van der Waals surface area (Å²) in [6.45, 7) is 1.20. The van der Waals surface area contributed by atoms with Gasteiger partial charge in [0.1, 0.15) is 5.75 Å². The lowest BCUT2D eigenvalue weighted by Gasteiger charge is -2.31. The number of carboxylic acids is 1. The van der Waals surface area contributed by atoms with Crippen molar-refractivity contribution in [1.82, 2.24) is 4.90 Å². The number of phenols is 1. The van der Waals surface area contributed by atoms with Crippen LogP contribution >= 0.6 is 0 Å². The van der Waals surface area contributed by atoms with Crippen LogP contribution in [0.2, 0.25) is 0 Å².